The lowest BCUT2D eigenvalue weighted by molar-refractivity contribution is 0.102. The first kappa shape index (κ1) is 12.4. The molecule has 0 aliphatic rings. The Bertz CT molecular complexity index is 599. The van der Waals surface area contributed by atoms with Gasteiger partial charge in [0.05, 0.1) is 22.5 Å². The van der Waals surface area contributed by atoms with Crippen molar-refractivity contribution in [3.63, 3.8) is 0 Å². The molecule has 1 heterocycles. The second-order valence-electron chi connectivity index (χ2n) is 3.85. The summed E-state index contributed by atoms with van der Waals surface area (Å²) >= 11 is 5.94. The SMILES string of the molecule is Cc1cccc(C(=O)Nc2cnccc2Cl)c1N. The molecule has 0 unspecified atom stereocenters. The molecular formula is C13H12ClN3O. The van der Waals surface area contributed by atoms with Crippen molar-refractivity contribution >= 4 is 28.9 Å². The molecule has 3 N–H and O–H groups in total. The molecule has 0 saturated heterocycles. The van der Waals surface area contributed by atoms with Gasteiger partial charge in [0.25, 0.3) is 5.91 Å². The Morgan fingerprint density at radius 3 is 2.89 bits per heavy atom. The van der Waals surface area contributed by atoms with E-state index in [2.05, 4.69) is 10.3 Å². The van der Waals surface area contributed by atoms with Gasteiger partial charge in [0.1, 0.15) is 0 Å². The van der Waals surface area contributed by atoms with E-state index in [-0.39, 0.29) is 5.91 Å². The number of amides is 1. The molecule has 18 heavy (non-hydrogen) atoms. The Balaban J connectivity index is 2.28. The molecule has 5 heteroatoms. The summed E-state index contributed by atoms with van der Waals surface area (Å²) in [6.45, 7) is 1.85. The number of para-hydroxylation sites is 1. The topological polar surface area (TPSA) is 68.0 Å². The number of pyridine rings is 1. The number of halogens is 1. The number of carbonyl (C=O) groups is 1. The number of nitrogens with zero attached hydrogens (tertiary/aromatic N) is 1. The number of anilines is 2. The van der Waals surface area contributed by atoms with Crippen molar-refractivity contribution in [3.05, 3.63) is 52.8 Å². The van der Waals surface area contributed by atoms with E-state index in [9.17, 15) is 4.79 Å². The van der Waals surface area contributed by atoms with Crippen LogP contribution in [0.25, 0.3) is 0 Å². The second kappa shape index (κ2) is 5.06. The zero-order chi connectivity index (χ0) is 13.1. The highest BCUT2D eigenvalue weighted by atomic mass is 35.5. The minimum atomic E-state index is -0.300. The summed E-state index contributed by atoms with van der Waals surface area (Å²) in [6, 6.07) is 6.91. The van der Waals surface area contributed by atoms with Crippen LogP contribution in [0.2, 0.25) is 5.02 Å². The predicted molar refractivity (Wildman–Crippen MR) is 72.8 cm³/mol. The fourth-order valence-corrected chi connectivity index (χ4v) is 1.69. The summed E-state index contributed by atoms with van der Waals surface area (Å²) in [5.74, 6) is -0.300. The molecule has 0 aliphatic heterocycles. The smallest absolute Gasteiger partial charge is 0.257 e. The van der Waals surface area contributed by atoms with Crippen LogP contribution in [0, 0.1) is 6.92 Å². The first-order valence-electron chi connectivity index (χ1n) is 5.35. The van der Waals surface area contributed by atoms with Crippen LogP contribution in [0.1, 0.15) is 15.9 Å². The summed E-state index contributed by atoms with van der Waals surface area (Å²) in [5.41, 5.74) is 8.08. The van der Waals surface area contributed by atoms with Crippen LogP contribution in [0.5, 0.6) is 0 Å². The summed E-state index contributed by atoms with van der Waals surface area (Å²) < 4.78 is 0. The molecule has 0 fully saturated rings. The standard InChI is InChI=1S/C13H12ClN3O/c1-8-3-2-4-9(12(8)15)13(18)17-11-7-16-6-5-10(11)14/h2-7H,15H2,1H3,(H,17,18). The lowest BCUT2D eigenvalue weighted by atomic mass is 10.1. The van der Waals surface area contributed by atoms with Crippen LogP contribution < -0.4 is 11.1 Å². The van der Waals surface area contributed by atoms with E-state index >= 15 is 0 Å². The normalized spacial score (nSPS) is 10.1. The zero-order valence-corrected chi connectivity index (χ0v) is 10.5. The fraction of sp³-hybridized carbons (Fsp3) is 0.0769. The van der Waals surface area contributed by atoms with Gasteiger partial charge in [-0.15, -0.1) is 0 Å². The average Bonchev–Trinajstić information content (AvgIpc) is 2.35. The Morgan fingerprint density at radius 1 is 1.39 bits per heavy atom. The van der Waals surface area contributed by atoms with Gasteiger partial charge in [-0.2, -0.15) is 0 Å². The number of aryl methyl sites for hydroxylation is 1. The largest absolute Gasteiger partial charge is 0.398 e. The molecule has 0 aliphatic carbocycles. The predicted octanol–water partition coefficient (Wildman–Crippen LogP) is 2.88. The quantitative estimate of drug-likeness (QED) is 0.817. The van der Waals surface area contributed by atoms with Crippen molar-refractivity contribution in [3.8, 4) is 0 Å². The van der Waals surface area contributed by atoms with Gasteiger partial charge in [-0.25, -0.2) is 0 Å². The average molecular weight is 262 g/mol. The third-order valence-corrected chi connectivity index (χ3v) is 2.91. The Morgan fingerprint density at radius 2 is 2.17 bits per heavy atom. The first-order chi connectivity index (χ1) is 8.59. The molecule has 2 rings (SSSR count). The Kier molecular flexibility index (Phi) is 3.48. The van der Waals surface area contributed by atoms with E-state index in [1.54, 1.807) is 24.4 Å². The molecule has 0 atom stereocenters. The third-order valence-electron chi connectivity index (χ3n) is 2.58. The number of nitrogen functional groups attached to an aromatic ring is 1. The maximum atomic E-state index is 12.1. The fourth-order valence-electron chi connectivity index (χ4n) is 1.54. The number of hydrogen-bond acceptors (Lipinski definition) is 3. The van der Waals surface area contributed by atoms with E-state index in [4.69, 9.17) is 17.3 Å². The highest BCUT2D eigenvalue weighted by molar-refractivity contribution is 6.33. The molecule has 1 aromatic heterocycles. The van der Waals surface area contributed by atoms with E-state index in [0.29, 0.717) is 22.0 Å². The third kappa shape index (κ3) is 2.43. The maximum absolute atomic E-state index is 12.1. The minimum absolute atomic E-state index is 0.300. The van der Waals surface area contributed by atoms with Crippen LogP contribution in [0.4, 0.5) is 11.4 Å². The van der Waals surface area contributed by atoms with Crippen molar-refractivity contribution < 1.29 is 4.79 Å². The van der Waals surface area contributed by atoms with E-state index in [0.717, 1.165) is 5.56 Å². The van der Waals surface area contributed by atoms with Crippen molar-refractivity contribution in [1.82, 2.24) is 4.98 Å². The maximum Gasteiger partial charge on any atom is 0.257 e. The molecule has 0 spiro atoms. The summed E-state index contributed by atoms with van der Waals surface area (Å²) in [7, 11) is 0. The van der Waals surface area contributed by atoms with E-state index in [1.165, 1.54) is 6.20 Å². The molecule has 1 amide bonds. The van der Waals surface area contributed by atoms with Gasteiger partial charge in [0.15, 0.2) is 0 Å². The molecule has 4 nitrogen and oxygen atoms in total. The van der Waals surface area contributed by atoms with Crippen molar-refractivity contribution in [2.75, 3.05) is 11.1 Å². The first-order valence-corrected chi connectivity index (χ1v) is 5.73. The van der Waals surface area contributed by atoms with E-state index in [1.807, 2.05) is 13.0 Å². The van der Waals surface area contributed by atoms with Crippen LogP contribution in [-0.4, -0.2) is 10.9 Å². The highest BCUT2D eigenvalue weighted by Gasteiger charge is 2.12. The van der Waals surface area contributed by atoms with Crippen LogP contribution >= 0.6 is 11.6 Å². The van der Waals surface area contributed by atoms with Gasteiger partial charge in [0, 0.05) is 11.9 Å². The number of aromatic nitrogens is 1. The Hall–Kier alpha value is -2.07. The van der Waals surface area contributed by atoms with Gasteiger partial charge >= 0.3 is 0 Å². The Labute approximate surface area is 110 Å². The zero-order valence-electron chi connectivity index (χ0n) is 9.77. The lowest BCUT2D eigenvalue weighted by Gasteiger charge is -2.09. The number of hydrogen-bond donors (Lipinski definition) is 2. The summed E-state index contributed by atoms with van der Waals surface area (Å²) in [4.78, 5) is 16.0. The number of nitrogens with one attached hydrogen (secondary N) is 1. The monoisotopic (exact) mass is 261 g/mol. The van der Waals surface area contributed by atoms with Gasteiger partial charge < -0.3 is 11.1 Å². The molecule has 0 saturated carbocycles. The summed E-state index contributed by atoms with van der Waals surface area (Å²) in [6.07, 6.45) is 3.05. The van der Waals surface area contributed by atoms with E-state index < -0.39 is 0 Å². The molecule has 2 aromatic rings. The van der Waals surface area contributed by atoms with Crippen molar-refractivity contribution in [2.45, 2.75) is 6.92 Å². The number of benzene rings is 1. The van der Waals surface area contributed by atoms with Gasteiger partial charge in [0.2, 0.25) is 0 Å². The number of nitrogens with two attached hydrogens (primary N) is 1. The number of carbonyl (C=O) groups excluding carboxylic acids is 1. The molecular weight excluding hydrogens is 250 g/mol. The van der Waals surface area contributed by atoms with Crippen LogP contribution in [0.3, 0.4) is 0 Å². The molecule has 0 radical (unpaired) electrons. The van der Waals surface area contributed by atoms with Gasteiger partial charge in [-0.3, -0.25) is 9.78 Å². The highest BCUT2D eigenvalue weighted by Crippen LogP contribution is 2.22. The number of rotatable bonds is 2. The van der Waals surface area contributed by atoms with Gasteiger partial charge in [-0.05, 0) is 24.6 Å². The summed E-state index contributed by atoms with van der Waals surface area (Å²) in [5, 5.41) is 3.12. The van der Waals surface area contributed by atoms with Crippen LogP contribution in [0.15, 0.2) is 36.7 Å². The van der Waals surface area contributed by atoms with Crippen molar-refractivity contribution in [2.24, 2.45) is 0 Å². The molecule has 92 valence electrons. The van der Waals surface area contributed by atoms with Gasteiger partial charge in [-0.1, -0.05) is 23.7 Å². The minimum Gasteiger partial charge on any atom is -0.398 e. The molecule has 0 bridgehead atoms. The van der Waals surface area contributed by atoms with Crippen molar-refractivity contribution in [1.29, 1.82) is 0 Å². The second-order valence-corrected chi connectivity index (χ2v) is 4.25. The van der Waals surface area contributed by atoms with Crippen LogP contribution in [-0.2, 0) is 0 Å². The molecule has 1 aromatic carbocycles. The lowest BCUT2D eigenvalue weighted by Crippen LogP contribution is -2.15.